The van der Waals surface area contributed by atoms with Crippen molar-refractivity contribution in [3.8, 4) is 17.2 Å². The minimum Gasteiger partial charge on any atom is -0.496 e. The van der Waals surface area contributed by atoms with Crippen molar-refractivity contribution in [2.24, 2.45) is 4.40 Å². The molecule has 1 amide bonds. The van der Waals surface area contributed by atoms with Crippen LogP contribution in [0.3, 0.4) is 0 Å². The zero-order chi connectivity index (χ0) is 20.2. The van der Waals surface area contributed by atoms with E-state index in [2.05, 4.69) is 14.4 Å². The first-order valence-corrected chi connectivity index (χ1v) is 9.49. The third-order valence-electron chi connectivity index (χ3n) is 4.03. The van der Waals surface area contributed by atoms with E-state index in [-0.39, 0.29) is 18.9 Å². The first-order chi connectivity index (χ1) is 12.7. The van der Waals surface area contributed by atoms with Crippen molar-refractivity contribution in [1.82, 2.24) is 10.0 Å². The van der Waals surface area contributed by atoms with Gasteiger partial charge in [-0.05, 0) is 19.9 Å². The molecule has 0 saturated carbocycles. The molecule has 0 spiro atoms. The fraction of sp³-hybridized carbons (Fsp3) is 0.412. The van der Waals surface area contributed by atoms with E-state index in [1.807, 2.05) is 0 Å². The van der Waals surface area contributed by atoms with Gasteiger partial charge in [0.2, 0.25) is 5.91 Å². The molecule has 0 saturated heterocycles. The van der Waals surface area contributed by atoms with Gasteiger partial charge in [-0.25, -0.2) is 0 Å². The normalized spacial score (nSPS) is 15.5. The van der Waals surface area contributed by atoms with Gasteiger partial charge >= 0.3 is 10.2 Å². The molecule has 10 heteroatoms. The molecule has 1 aromatic rings. The van der Waals surface area contributed by atoms with E-state index in [4.69, 9.17) is 14.2 Å². The molecule has 27 heavy (non-hydrogen) atoms. The van der Waals surface area contributed by atoms with Crippen LogP contribution < -0.4 is 24.2 Å². The van der Waals surface area contributed by atoms with Crippen LogP contribution in [0.25, 0.3) is 0 Å². The maximum atomic E-state index is 12.3. The summed E-state index contributed by atoms with van der Waals surface area (Å²) < 4.78 is 44.8. The highest BCUT2D eigenvalue weighted by atomic mass is 32.2. The predicted molar refractivity (Wildman–Crippen MR) is 100 cm³/mol. The number of nitrogens with one attached hydrogen (secondary N) is 2. The first-order valence-electron chi connectivity index (χ1n) is 8.05. The maximum Gasteiger partial charge on any atom is 0.342 e. The highest BCUT2D eigenvalue weighted by Gasteiger charge is 2.22. The van der Waals surface area contributed by atoms with E-state index in [1.165, 1.54) is 21.3 Å². The summed E-state index contributed by atoms with van der Waals surface area (Å²) in [5.41, 5.74) is 1.94. The summed E-state index contributed by atoms with van der Waals surface area (Å²) in [6.07, 6.45) is -0.000703. The molecule has 0 fully saturated rings. The van der Waals surface area contributed by atoms with Gasteiger partial charge in [-0.3, -0.25) is 9.52 Å². The Kier molecular flexibility index (Phi) is 6.32. The monoisotopic (exact) mass is 397 g/mol. The van der Waals surface area contributed by atoms with E-state index in [9.17, 15) is 13.2 Å². The van der Waals surface area contributed by atoms with Crippen LogP contribution in [-0.2, 0) is 21.5 Å². The maximum absolute atomic E-state index is 12.3. The van der Waals surface area contributed by atoms with Crippen molar-refractivity contribution in [3.05, 3.63) is 29.0 Å². The number of benzene rings is 1. The lowest BCUT2D eigenvalue weighted by Gasteiger charge is -2.18. The van der Waals surface area contributed by atoms with Gasteiger partial charge in [0.25, 0.3) is 0 Å². The Labute approximate surface area is 158 Å². The molecule has 0 bridgehead atoms. The summed E-state index contributed by atoms with van der Waals surface area (Å²) >= 11 is 0. The van der Waals surface area contributed by atoms with Gasteiger partial charge in [0, 0.05) is 29.4 Å². The summed E-state index contributed by atoms with van der Waals surface area (Å²) in [5.74, 6) is 1.31. The predicted octanol–water partition coefficient (Wildman–Crippen LogP) is 1.30. The van der Waals surface area contributed by atoms with E-state index in [0.29, 0.717) is 39.8 Å². The standard InChI is InChI=1S/C17H23N3O6S/c1-10-13(11(2)20-27(22,23)19-10)7-17(21)18-9-12-6-15(25-4)16(26-5)8-14(12)24-3/h6,8,19H,7,9H2,1-5H3,(H,18,21). The third kappa shape index (κ3) is 4.91. The zero-order valence-corrected chi connectivity index (χ0v) is 16.7. The average Bonchev–Trinajstić information content (AvgIpc) is 2.61. The number of methoxy groups -OCH3 is 3. The summed E-state index contributed by atoms with van der Waals surface area (Å²) in [7, 11) is 0.847. The Morgan fingerprint density at radius 2 is 1.67 bits per heavy atom. The Bertz CT molecular complexity index is 905. The van der Waals surface area contributed by atoms with E-state index in [1.54, 1.807) is 26.0 Å². The molecule has 2 N–H and O–H groups in total. The molecule has 0 radical (unpaired) electrons. The second kappa shape index (κ2) is 8.30. The lowest BCUT2D eigenvalue weighted by molar-refractivity contribution is -0.120. The van der Waals surface area contributed by atoms with Crippen molar-refractivity contribution >= 4 is 21.8 Å². The van der Waals surface area contributed by atoms with Crippen LogP contribution in [0.5, 0.6) is 17.2 Å². The Hall–Kier alpha value is -2.75. The minimum atomic E-state index is -3.72. The van der Waals surface area contributed by atoms with Gasteiger partial charge in [-0.15, -0.1) is 4.40 Å². The molecule has 1 aliphatic heterocycles. The second-order valence-corrected chi connectivity index (χ2v) is 7.17. The number of carbonyl (C=O) groups excluding carboxylic acids is 1. The summed E-state index contributed by atoms with van der Waals surface area (Å²) in [5, 5.41) is 2.79. The van der Waals surface area contributed by atoms with Gasteiger partial charge in [-0.1, -0.05) is 0 Å². The fourth-order valence-corrected chi connectivity index (χ4v) is 3.72. The molecule has 0 unspecified atom stereocenters. The van der Waals surface area contributed by atoms with E-state index >= 15 is 0 Å². The van der Waals surface area contributed by atoms with Gasteiger partial charge in [-0.2, -0.15) is 8.42 Å². The van der Waals surface area contributed by atoms with Crippen LogP contribution in [0, 0.1) is 0 Å². The average molecular weight is 397 g/mol. The van der Waals surface area contributed by atoms with Gasteiger partial charge in [0.1, 0.15) is 5.75 Å². The van der Waals surface area contributed by atoms with Gasteiger partial charge < -0.3 is 19.5 Å². The molecular formula is C17H23N3O6S. The van der Waals surface area contributed by atoms with Crippen molar-refractivity contribution in [1.29, 1.82) is 0 Å². The van der Waals surface area contributed by atoms with Crippen molar-refractivity contribution < 1.29 is 27.4 Å². The Morgan fingerprint density at radius 1 is 1.07 bits per heavy atom. The van der Waals surface area contributed by atoms with Crippen molar-refractivity contribution in [2.75, 3.05) is 21.3 Å². The number of hydrogen-bond donors (Lipinski definition) is 2. The number of hydrogen-bond acceptors (Lipinski definition) is 6. The molecule has 0 atom stereocenters. The number of carbonyl (C=O) groups is 1. The molecule has 148 valence electrons. The zero-order valence-electron chi connectivity index (χ0n) is 15.9. The second-order valence-electron chi connectivity index (χ2n) is 5.83. The summed E-state index contributed by atoms with van der Waals surface area (Å²) in [4.78, 5) is 12.3. The lowest BCUT2D eigenvalue weighted by atomic mass is 10.1. The number of ether oxygens (including phenoxy) is 3. The first kappa shape index (κ1) is 20.6. The molecule has 0 aromatic heterocycles. The molecule has 1 heterocycles. The van der Waals surface area contributed by atoms with E-state index < -0.39 is 10.2 Å². The quantitative estimate of drug-likeness (QED) is 0.717. The lowest BCUT2D eigenvalue weighted by Crippen LogP contribution is -2.31. The Morgan fingerprint density at radius 3 is 2.22 bits per heavy atom. The number of rotatable bonds is 7. The van der Waals surface area contributed by atoms with Crippen molar-refractivity contribution in [2.45, 2.75) is 26.8 Å². The van der Waals surface area contributed by atoms with Gasteiger partial charge in [0.15, 0.2) is 11.5 Å². The van der Waals surface area contributed by atoms with Crippen LogP contribution in [0.4, 0.5) is 0 Å². The smallest absolute Gasteiger partial charge is 0.342 e. The molecular weight excluding hydrogens is 374 g/mol. The van der Waals surface area contributed by atoms with Crippen LogP contribution in [0.1, 0.15) is 25.8 Å². The van der Waals surface area contributed by atoms with Crippen LogP contribution in [-0.4, -0.2) is 41.4 Å². The third-order valence-corrected chi connectivity index (χ3v) is 5.11. The van der Waals surface area contributed by atoms with Crippen LogP contribution in [0.15, 0.2) is 27.8 Å². The van der Waals surface area contributed by atoms with Crippen LogP contribution >= 0.6 is 0 Å². The summed E-state index contributed by atoms with van der Waals surface area (Å²) in [6.45, 7) is 3.36. The largest absolute Gasteiger partial charge is 0.496 e. The van der Waals surface area contributed by atoms with Crippen molar-refractivity contribution in [3.63, 3.8) is 0 Å². The molecule has 0 aliphatic carbocycles. The highest BCUT2D eigenvalue weighted by molar-refractivity contribution is 7.88. The number of amides is 1. The minimum absolute atomic E-state index is 0.000703. The molecule has 1 aliphatic rings. The highest BCUT2D eigenvalue weighted by Crippen LogP contribution is 2.34. The molecule has 9 nitrogen and oxygen atoms in total. The molecule has 1 aromatic carbocycles. The van der Waals surface area contributed by atoms with E-state index in [0.717, 1.165) is 0 Å². The number of nitrogens with zero attached hydrogens (tertiary/aromatic N) is 1. The SMILES string of the molecule is COc1cc(OC)c(OC)cc1CNC(=O)CC1=C(C)NS(=O)(=O)N=C1C. The van der Waals surface area contributed by atoms with Crippen LogP contribution in [0.2, 0.25) is 0 Å². The fourth-order valence-electron chi connectivity index (χ4n) is 2.69. The number of allylic oxidation sites excluding steroid dienone is 1. The summed E-state index contributed by atoms with van der Waals surface area (Å²) in [6, 6.07) is 3.41. The topological polar surface area (TPSA) is 115 Å². The Balaban J connectivity index is 2.11. The van der Waals surface area contributed by atoms with Gasteiger partial charge in [0.05, 0.1) is 33.5 Å². The molecule has 2 rings (SSSR count).